The van der Waals surface area contributed by atoms with Gasteiger partial charge in [0.15, 0.2) is 0 Å². The monoisotopic (exact) mass is 434 g/mol. The van der Waals surface area contributed by atoms with E-state index >= 15 is 0 Å². The molecule has 5 rings (SSSR count). The van der Waals surface area contributed by atoms with Crippen molar-refractivity contribution >= 4 is 11.7 Å². The number of fused-ring (bicyclic) bond motifs is 1. The highest BCUT2D eigenvalue weighted by Crippen LogP contribution is 2.32. The maximum Gasteiger partial charge on any atom is 0.322 e. The predicted molar refractivity (Wildman–Crippen MR) is 112 cm³/mol. The Balaban J connectivity index is 1.42. The van der Waals surface area contributed by atoms with Crippen molar-refractivity contribution in [1.29, 1.82) is 0 Å². The Bertz CT molecular complexity index is 1240. The number of anilines is 1. The Morgan fingerprint density at radius 1 is 1.22 bits per heavy atom. The second-order valence-corrected chi connectivity index (χ2v) is 7.30. The van der Waals surface area contributed by atoms with Crippen molar-refractivity contribution in [1.82, 2.24) is 25.0 Å². The molecule has 2 N–H and O–H groups in total. The lowest BCUT2D eigenvalue weighted by molar-refractivity contribution is 0.155. The van der Waals surface area contributed by atoms with Gasteiger partial charge in [0, 0.05) is 17.7 Å². The van der Waals surface area contributed by atoms with Gasteiger partial charge in [-0.25, -0.2) is 14.2 Å². The van der Waals surface area contributed by atoms with Crippen LogP contribution in [-0.2, 0) is 13.0 Å². The van der Waals surface area contributed by atoms with Crippen molar-refractivity contribution in [3.8, 4) is 17.1 Å². The smallest absolute Gasteiger partial charge is 0.322 e. The lowest BCUT2D eigenvalue weighted by atomic mass is 10.0. The fourth-order valence-corrected chi connectivity index (χ4v) is 3.63. The number of halogens is 1. The number of benzene rings is 2. The third-order valence-corrected chi connectivity index (χ3v) is 5.33. The van der Waals surface area contributed by atoms with Gasteiger partial charge in [-0.2, -0.15) is 4.98 Å². The molecule has 4 aromatic rings. The number of hydrogen-bond donors (Lipinski definition) is 2. The average molecular weight is 434 g/mol. The molecule has 0 fully saturated rings. The molecule has 2 amide bonds. The van der Waals surface area contributed by atoms with Crippen LogP contribution >= 0.6 is 0 Å². The van der Waals surface area contributed by atoms with Crippen LogP contribution in [0.4, 0.5) is 14.9 Å². The number of aromatic nitrogens is 4. The molecule has 10 heteroatoms. The average Bonchev–Trinajstić information content (AvgIpc) is 3.48. The summed E-state index contributed by atoms with van der Waals surface area (Å²) >= 11 is 0. The number of nitrogens with zero attached hydrogens (tertiary/aromatic N) is 4. The molecule has 0 saturated heterocycles. The van der Waals surface area contributed by atoms with Crippen LogP contribution in [-0.4, -0.2) is 38.1 Å². The van der Waals surface area contributed by atoms with Gasteiger partial charge in [-0.15, -0.1) is 0 Å². The largest absolute Gasteiger partial charge is 0.497 e. The molecule has 0 unspecified atom stereocenters. The maximum absolute atomic E-state index is 13.2. The van der Waals surface area contributed by atoms with E-state index in [-0.39, 0.29) is 17.7 Å². The highest BCUT2D eigenvalue weighted by atomic mass is 19.1. The van der Waals surface area contributed by atoms with Crippen LogP contribution in [0.15, 0.2) is 59.4 Å². The van der Waals surface area contributed by atoms with E-state index in [4.69, 9.17) is 9.26 Å². The maximum atomic E-state index is 13.2. The Morgan fingerprint density at radius 2 is 2.00 bits per heavy atom. The number of carbonyl (C=O) groups is 1. The minimum Gasteiger partial charge on any atom is -0.497 e. The number of nitrogens with one attached hydrogen (secondary N) is 2. The molecular formula is C22H19FN6O3. The Labute approximate surface area is 182 Å². The summed E-state index contributed by atoms with van der Waals surface area (Å²) in [6.07, 6.45) is 2.02. The highest BCUT2D eigenvalue weighted by molar-refractivity contribution is 5.89. The summed E-state index contributed by atoms with van der Waals surface area (Å²) in [6.45, 7) is 0.302. The second kappa shape index (κ2) is 8.14. The highest BCUT2D eigenvalue weighted by Gasteiger charge is 2.36. The van der Waals surface area contributed by atoms with Crippen molar-refractivity contribution in [3.05, 3.63) is 78.0 Å². The molecule has 32 heavy (non-hydrogen) atoms. The number of imidazole rings is 1. The molecule has 0 radical (unpaired) electrons. The first-order valence-electron chi connectivity index (χ1n) is 9.93. The number of aromatic amines is 1. The number of H-pyrrole nitrogens is 1. The number of amides is 2. The number of urea groups is 1. The molecule has 0 aliphatic carbocycles. The van der Waals surface area contributed by atoms with Crippen molar-refractivity contribution in [2.24, 2.45) is 0 Å². The zero-order valence-electron chi connectivity index (χ0n) is 17.1. The van der Waals surface area contributed by atoms with Crippen molar-refractivity contribution in [2.45, 2.75) is 19.0 Å². The molecule has 2 aromatic heterocycles. The molecular weight excluding hydrogens is 415 g/mol. The zero-order valence-corrected chi connectivity index (χ0v) is 17.1. The lowest BCUT2D eigenvalue weighted by Gasteiger charge is -2.32. The van der Waals surface area contributed by atoms with Gasteiger partial charge in [0.1, 0.15) is 17.6 Å². The van der Waals surface area contributed by atoms with Gasteiger partial charge < -0.3 is 24.5 Å². The number of rotatable bonds is 4. The first kappa shape index (κ1) is 19.7. The van der Waals surface area contributed by atoms with E-state index in [9.17, 15) is 9.18 Å². The molecule has 0 bridgehead atoms. The third-order valence-electron chi connectivity index (χ3n) is 5.33. The van der Waals surface area contributed by atoms with E-state index in [1.54, 1.807) is 54.7 Å². The van der Waals surface area contributed by atoms with Crippen molar-refractivity contribution in [2.75, 3.05) is 12.4 Å². The zero-order chi connectivity index (χ0) is 22.1. The van der Waals surface area contributed by atoms with E-state index in [1.165, 1.54) is 12.1 Å². The standard InChI is InChI=1S/C22H19FN6O3/c1-31-16-8-6-15(7-9-16)26-22(30)29-11-18-17(24-12-25-18)10-19(29)21-27-20(28-32-21)13-2-4-14(23)5-3-13/h2-9,12,19H,10-11H2,1H3,(H,24,25)(H,26,30)/t19-/m0/s1. The molecule has 0 saturated carbocycles. The van der Waals surface area contributed by atoms with E-state index in [1.807, 2.05) is 0 Å². The van der Waals surface area contributed by atoms with Crippen LogP contribution in [0.1, 0.15) is 23.3 Å². The molecule has 3 heterocycles. The Morgan fingerprint density at radius 3 is 2.75 bits per heavy atom. The third kappa shape index (κ3) is 3.78. The van der Waals surface area contributed by atoms with Crippen molar-refractivity contribution < 1.29 is 18.4 Å². The number of ether oxygens (including phenoxy) is 1. The van der Waals surface area contributed by atoms with Gasteiger partial charge in [0.2, 0.25) is 11.7 Å². The second-order valence-electron chi connectivity index (χ2n) is 7.30. The molecule has 1 atom stereocenters. The number of methoxy groups -OCH3 is 1. The van der Waals surface area contributed by atoms with Crippen LogP contribution in [0.5, 0.6) is 5.75 Å². The van der Waals surface area contributed by atoms with Gasteiger partial charge in [0.25, 0.3) is 0 Å². The molecule has 0 spiro atoms. The summed E-state index contributed by atoms with van der Waals surface area (Å²) in [5, 5.41) is 6.92. The lowest BCUT2D eigenvalue weighted by Crippen LogP contribution is -2.41. The first-order chi connectivity index (χ1) is 15.6. The van der Waals surface area contributed by atoms with E-state index < -0.39 is 6.04 Å². The molecule has 9 nitrogen and oxygen atoms in total. The minimum atomic E-state index is -0.509. The van der Waals surface area contributed by atoms with Crippen LogP contribution in [0.3, 0.4) is 0 Å². The normalized spacial score (nSPS) is 15.3. The van der Waals surface area contributed by atoms with Gasteiger partial charge in [-0.3, -0.25) is 0 Å². The fourth-order valence-electron chi connectivity index (χ4n) is 3.63. The van der Waals surface area contributed by atoms with E-state index in [0.29, 0.717) is 35.8 Å². The number of carbonyl (C=O) groups excluding carboxylic acids is 1. The fraction of sp³-hybridized carbons (Fsp3) is 0.182. The molecule has 2 aromatic carbocycles. The van der Waals surface area contributed by atoms with Gasteiger partial charge in [-0.1, -0.05) is 5.16 Å². The molecule has 162 valence electrons. The summed E-state index contributed by atoms with van der Waals surface area (Å²) in [6, 6.07) is 12.0. The van der Waals surface area contributed by atoms with Crippen LogP contribution in [0, 0.1) is 5.82 Å². The summed E-state index contributed by atoms with van der Waals surface area (Å²) in [4.78, 5) is 26.7. The topological polar surface area (TPSA) is 109 Å². The SMILES string of the molecule is COc1ccc(NC(=O)N2Cc3[nH]cnc3C[C@H]2c2nc(-c3ccc(F)cc3)no2)cc1. The quantitative estimate of drug-likeness (QED) is 0.504. The van der Waals surface area contributed by atoms with E-state index in [2.05, 4.69) is 25.4 Å². The first-order valence-corrected chi connectivity index (χ1v) is 9.93. The molecule has 1 aliphatic heterocycles. The Hall–Kier alpha value is -4.21. The van der Waals surface area contributed by atoms with Crippen LogP contribution < -0.4 is 10.1 Å². The molecule has 1 aliphatic rings. The van der Waals surface area contributed by atoms with Gasteiger partial charge in [-0.05, 0) is 48.5 Å². The predicted octanol–water partition coefficient (Wildman–Crippen LogP) is 3.94. The summed E-state index contributed by atoms with van der Waals surface area (Å²) in [5.74, 6) is 0.948. The Kier molecular flexibility index (Phi) is 5.02. The van der Waals surface area contributed by atoms with Crippen molar-refractivity contribution in [3.63, 3.8) is 0 Å². The summed E-state index contributed by atoms with van der Waals surface area (Å²) < 4.78 is 23.9. The minimum absolute atomic E-state index is 0.280. The number of hydrogen-bond acceptors (Lipinski definition) is 6. The summed E-state index contributed by atoms with van der Waals surface area (Å²) in [5.41, 5.74) is 2.93. The van der Waals surface area contributed by atoms with Crippen LogP contribution in [0.2, 0.25) is 0 Å². The van der Waals surface area contributed by atoms with E-state index in [0.717, 1.165) is 11.4 Å². The summed E-state index contributed by atoms with van der Waals surface area (Å²) in [7, 11) is 1.58. The van der Waals surface area contributed by atoms with Crippen LogP contribution in [0.25, 0.3) is 11.4 Å². The van der Waals surface area contributed by atoms with Gasteiger partial charge in [0.05, 0.1) is 31.4 Å². The van der Waals surface area contributed by atoms with Gasteiger partial charge >= 0.3 is 6.03 Å².